The molecule has 0 saturated heterocycles. The number of hydrogen-bond acceptors (Lipinski definition) is 5. The van der Waals surface area contributed by atoms with Gasteiger partial charge in [0, 0.05) is 12.2 Å². The number of nitrogens with one attached hydrogen (secondary N) is 2. The molecule has 0 fully saturated rings. The Kier molecular flexibility index (Phi) is 10.6. The normalized spacial score (nSPS) is 11.8. The number of aliphatic hydroxyl groups is 1. The van der Waals surface area contributed by atoms with E-state index in [9.17, 15) is 9.90 Å². The van der Waals surface area contributed by atoms with Crippen molar-refractivity contribution in [3.8, 4) is 5.75 Å². The predicted octanol–water partition coefficient (Wildman–Crippen LogP) is 3.16. The first kappa shape index (κ1) is 20.3. The molecule has 1 unspecified atom stereocenters. The topological polar surface area (TPSA) is 79.8 Å². The van der Waals surface area contributed by atoms with Gasteiger partial charge in [0.2, 0.25) is 0 Å². The fourth-order valence-corrected chi connectivity index (χ4v) is 1.92. The van der Waals surface area contributed by atoms with E-state index in [0.29, 0.717) is 24.6 Å². The number of aliphatic hydroxyl groups excluding tert-OH is 1. The van der Waals surface area contributed by atoms with Gasteiger partial charge in [-0.25, -0.2) is 4.79 Å². The van der Waals surface area contributed by atoms with Gasteiger partial charge in [0.1, 0.15) is 18.5 Å². The summed E-state index contributed by atoms with van der Waals surface area (Å²) in [7, 11) is 0. The molecule has 1 amide bonds. The van der Waals surface area contributed by atoms with E-state index in [1.807, 2.05) is 6.92 Å². The maximum absolute atomic E-state index is 11.5. The number of ether oxygens (including phenoxy) is 2. The van der Waals surface area contributed by atoms with Crippen LogP contribution in [-0.4, -0.2) is 43.6 Å². The number of hydrogen-bond donors (Lipinski definition) is 3. The fourth-order valence-electron chi connectivity index (χ4n) is 1.92. The Balaban J connectivity index is 2.25. The summed E-state index contributed by atoms with van der Waals surface area (Å²) < 4.78 is 10.6. The summed E-state index contributed by atoms with van der Waals surface area (Å²) in [4.78, 5) is 11.5. The molecule has 6 heteroatoms. The van der Waals surface area contributed by atoms with Gasteiger partial charge in [-0.2, -0.15) is 0 Å². The van der Waals surface area contributed by atoms with Gasteiger partial charge in [-0.1, -0.05) is 26.7 Å². The Morgan fingerprint density at radius 2 is 1.88 bits per heavy atom. The van der Waals surface area contributed by atoms with Crippen molar-refractivity contribution in [2.75, 3.05) is 31.6 Å². The molecule has 0 radical (unpaired) electrons. The molecule has 0 spiro atoms. The second kappa shape index (κ2) is 12.6. The van der Waals surface area contributed by atoms with Gasteiger partial charge < -0.3 is 19.9 Å². The number of amides is 1. The van der Waals surface area contributed by atoms with Crippen LogP contribution in [0.1, 0.15) is 39.5 Å². The molecular weight excluding hydrogens is 308 g/mol. The molecular formula is C18H30N2O4. The van der Waals surface area contributed by atoms with Crippen molar-refractivity contribution in [3.63, 3.8) is 0 Å². The van der Waals surface area contributed by atoms with E-state index in [1.165, 1.54) is 0 Å². The molecule has 1 aromatic carbocycles. The molecule has 136 valence electrons. The zero-order chi connectivity index (χ0) is 17.6. The van der Waals surface area contributed by atoms with E-state index in [2.05, 4.69) is 17.6 Å². The summed E-state index contributed by atoms with van der Waals surface area (Å²) >= 11 is 0. The molecule has 0 saturated carbocycles. The second-order valence-electron chi connectivity index (χ2n) is 5.66. The van der Waals surface area contributed by atoms with Crippen molar-refractivity contribution >= 4 is 11.8 Å². The smallest absolute Gasteiger partial charge is 0.411 e. The molecule has 3 N–H and O–H groups in total. The van der Waals surface area contributed by atoms with Crippen molar-refractivity contribution in [1.29, 1.82) is 0 Å². The van der Waals surface area contributed by atoms with E-state index in [4.69, 9.17) is 9.47 Å². The van der Waals surface area contributed by atoms with Crippen LogP contribution in [-0.2, 0) is 4.74 Å². The Morgan fingerprint density at radius 1 is 1.17 bits per heavy atom. The van der Waals surface area contributed by atoms with Crippen LogP contribution in [0.4, 0.5) is 10.5 Å². The molecule has 6 nitrogen and oxygen atoms in total. The van der Waals surface area contributed by atoms with Crippen LogP contribution in [0, 0.1) is 0 Å². The highest BCUT2D eigenvalue weighted by Crippen LogP contribution is 2.16. The van der Waals surface area contributed by atoms with Crippen molar-refractivity contribution < 1.29 is 19.4 Å². The Bertz CT molecular complexity index is 451. The Hall–Kier alpha value is -1.79. The highest BCUT2D eigenvalue weighted by atomic mass is 16.5. The molecule has 1 rings (SSSR count). The lowest BCUT2D eigenvalue weighted by Crippen LogP contribution is -2.31. The standard InChI is InChI=1S/C18H30N2O4/c1-3-5-11-19-13-16(21)14-24-17-9-7-15(8-10-17)20-18(22)23-12-6-4-2/h7-10,16,19,21H,3-6,11-14H2,1-2H3,(H,20,22). The number of carbonyl (C=O) groups is 1. The highest BCUT2D eigenvalue weighted by molar-refractivity contribution is 5.84. The molecule has 0 aliphatic heterocycles. The monoisotopic (exact) mass is 338 g/mol. The molecule has 0 aliphatic carbocycles. The molecule has 24 heavy (non-hydrogen) atoms. The van der Waals surface area contributed by atoms with Crippen molar-refractivity contribution in [3.05, 3.63) is 24.3 Å². The molecule has 0 aromatic heterocycles. The summed E-state index contributed by atoms with van der Waals surface area (Å²) in [5.74, 6) is 0.646. The zero-order valence-electron chi connectivity index (χ0n) is 14.7. The minimum Gasteiger partial charge on any atom is -0.491 e. The summed E-state index contributed by atoms with van der Waals surface area (Å²) in [5, 5.41) is 15.7. The van der Waals surface area contributed by atoms with Crippen molar-refractivity contribution in [2.24, 2.45) is 0 Å². The van der Waals surface area contributed by atoms with Crippen LogP contribution >= 0.6 is 0 Å². The average molecular weight is 338 g/mol. The predicted molar refractivity (Wildman–Crippen MR) is 95.6 cm³/mol. The lowest BCUT2D eigenvalue weighted by atomic mass is 10.3. The third-order valence-corrected chi connectivity index (χ3v) is 3.36. The second-order valence-corrected chi connectivity index (χ2v) is 5.66. The molecule has 1 aromatic rings. The van der Waals surface area contributed by atoms with Gasteiger partial charge in [0.15, 0.2) is 0 Å². The first-order chi connectivity index (χ1) is 11.7. The van der Waals surface area contributed by atoms with Gasteiger partial charge in [-0.15, -0.1) is 0 Å². The average Bonchev–Trinajstić information content (AvgIpc) is 2.58. The number of unbranched alkanes of at least 4 members (excludes halogenated alkanes) is 2. The molecule has 0 bridgehead atoms. The summed E-state index contributed by atoms with van der Waals surface area (Å²) in [6, 6.07) is 6.97. The van der Waals surface area contributed by atoms with Crippen molar-refractivity contribution in [2.45, 2.75) is 45.6 Å². The number of anilines is 1. The molecule has 0 aliphatic rings. The first-order valence-electron chi connectivity index (χ1n) is 8.71. The van der Waals surface area contributed by atoms with Crippen LogP contribution in [0.2, 0.25) is 0 Å². The zero-order valence-corrected chi connectivity index (χ0v) is 14.7. The largest absolute Gasteiger partial charge is 0.491 e. The number of benzene rings is 1. The van der Waals surface area contributed by atoms with E-state index < -0.39 is 12.2 Å². The van der Waals surface area contributed by atoms with Crippen LogP contribution in [0.5, 0.6) is 5.75 Å². The van der Waals surface area contributed by atoms with Gasteiger partial charge in [0.25, 0.3) is 0 Å². The third-order valence-electron chi connectivity index (χ3n) is 3.36. The van der Waals surface area contributed by atoms with Gasteiger partial charge in [-0.05, 0) is 43.7 Å². The maximum Gasteiger partial charge on any atom is 0.411 e. The summed E-state index contributed by atoms with van der Waals surface area (Å²) in [6.07, 6.45) is 3.07. The van der Waals surface area contributed by atoms with Gasteiger partial charge >= 0.3 is 6.09 Å². The van der Waals surface area contributed by atoms with Crippen molar-refractivity contribution in [1.82, 2.24) is 5.32 Å². The SMILES string of the molecule is CCCCNCC(O)COc1ccc(NC(=O)OCCCC)cc1. The Morgan fingerprint density at radius 3 is 2.54 bits per heavy atom. The van der Waals surface area contributed by atoms with Crippen LogP contribution in [0.3, 0.4) is 0 Å². The van der Waals surface area contributed by atoms with E-state index in [0.717, 1.165) is 32.2 Å². The van der Waals surface area contributed by atoms with E-state index in [1.54, 1.807) is 24.3 Å². The minimum absolute atomic E-state index is 0.227. The summed E-state index contributed by atoms with van der Waals surface area (Å²) in [5.41, 5.74) is 0.644. The molecule has 1 atom stereocenters. The lowest BCUT2D eigenvalue weighted by Gasteiger charge is -2.13. The quantitative estimate of drug-likeness (QED) is 0.510. The number of rotatable bonds is 12. The van der Waals surface area contributed by atoms with Crippen LogP contribution in [0.25, 0.3) is 0 Å². The summed E-state index contributed by atoms with van der Waals surface area (Å²) in [6.45, 7) is 6.24. The van der Waals surface area contributed by atoms with E-state index in [-0.39, 0.29) is 6.61 Å². The Labute approximate surface area is 144 Å². The lowest BCUT2D eigenvalue weighted by molar-refractivity contribution is 0.106. The van der Waals surface area contributed by atoms with Crippen LogP contribution in [0.15, 0.2) is 24.3 Å². The highest BCUT2D eigenvalue weighted by Gasteiger charge is 2.06. The third kappa shape index (κ3) is 9.37. The first-order valence-corrected chi connectivity index (χ1v) is 8.71. The number of carbonyl (C=O) groups excluding carboxylic acids is 1. The van der Waals surface area contributed by atoms with Gasteiger partial charge in [0.05, 0.1) is 6.61 Å². The molecule has 0 heterocycles. The minimum atomic E-state index is -0.548. The maximum atomic E-state index is 11.5. The fraction of sp³-hybridized carbons (Fsp3) is 0.611. The van der Waals surface area contributed by atoms with Crippen LogP contribution < -0.4 is 15.4 Å². The van der Waals surface area contributed by atoms with Gasteiger partial charge in [-0.3, -0.25) is 5.32 Å². The van der Waals surface area contributed by atoms with E-state index >= 15 is 0 Å².